The molecule has 1 aliphatic rings. The van der Waals surface area contributed by atoms with E-state index in [2.05, 4.69) is 18.4 Å². The van der Waals surface area contributed by atoms with Crippen LogP contribution >= 0.6 is 0 Å². The molecule has 4 heteroatoms. The molecule has 0 saturated heterocycles. The van der Waals surface area contributed by atoms with Crippen LogP contribution in [-0.4, -0.2) is 17.8 Å². The van der Waals surface area contributed by atoms with Crippen molar-refractivity contribution in [2.45, 2.75) is 12.8 Å². The van der Waals surface area contributed by atoms with Gasteiger partial charge in [0.15, 0.2) is 0 Å². The zero-order valence-corrected chi connectivity index (χ0v) is 10.8. The van der Waals surface area contributed by atoms with E-state index in [9.17, 15) is 13.6 Å². The van der Waals surface area contributed by atoms with Crippen molar-refractivity contribution in [2.24, 2.45) is 0 Å². The summed E-state index contributed by atoms with van der Waals surface area (Å²) in [6, 6.07) is 0. The Morgan fingerprint density at radius 1 is 1.40 bits per heavy atom. The number of allylic oxidation sites excluding steroid dienone is 8. The molecule has 0 aromatic rings. The first-order chi connectivity index (χ1) is 9.56. The molecule has 104 valence electrons. The Balaban J connectivity index is 2.83. The van der Waals surface area contributed by atoms with Gasteiger partial charge in [0.1, 0.15) is 12.5 Å². The predicted molar refractivity (Wildman–Crippen MR) is 74.3 cm³/mol. The van der Waals surface area contributed by atoms with Gasteiger partial charge in [0, 0.05) is 16.7 Å². The first-order valence-corrected chi connectivity index (χ1v) is 5.96. The highest BCUT2D eigenvalue weighted by atomic mass is 19.1. The average Bonchev–Trinajstić information content (AvgIpc) is 2.47. The molecule has 1 rings (SSSR count). The minimum Gasteiger partial charge on any atom is -0.478 e. The Bertz CT molecular complexity index is 581. The van der Waals surface area contributed by atoms with E-state index in [1.54, 1.807) is 6.08 Å². The SMILES string of the molecule is C=C/C(F)=C\C=C(\C#CC1=CC=C(C(=O)O)CC1)CF. The molecule has 0 radical (unpaired) electrons. The van der Waals surface area contributed by atoms with Gasteiger partial charge < -0.3 is 5.11 Å². The van der Waals surface area contributed by atoms with E-state index in [1.165, 1.54) is 12.2 Å². The predicted octanol–water partition coefficient (Wildman–Crippen LogP) is 3.66. The highest BCUT2D eigenvalue weighted by molar-refractivity contribution is 5.87. The van der Waals surface area contributed by atoms with E-state index in [-0.39, 0.29) is 5.57 Å². The summed E-state index contributed by atoms with van der Waals surface area (Å²) in [4.78, 5) is 10.7. The summed E-state index contributed by atoms with van der Waals surface area (Å²) in [7, 11) is 0. The van der Waals surface area contributed by atoms with Crippen molar-refractivity contribution in [2.75, 3.05) is 6.67 Å². The van der Waals surface area contributed by atoms with Crippen molar-refractivity contribution in [3.8, 4) is 11.8 Å². The van der Waals surface area contributed by atoms with Gasteiger partial charge in [0.25, 0.3) is 0 Å². The lowest BCUT2D eigenvalue weighted by Crippen LogP contribution is -2.03. The fourth-order valence-electron chi connectivity index (χ4n) is 1.45. The molecule has 0 saturated carbocycles. The molecule has 0 aromatic heterocycles. The molecular formula is C16H14F2O2. The van der Waals surface area contributed by atoms with Gasteiger partial charge >= 0.3 is 5.97 Å². The van der Waals surface area contributed by atoms with E-state index in [4.69, 9.17) is 5.11 Å². The molecule has 0 bridgehead atoms. The van der Waals surface area contributed by atoms with E-state index in [0.29, 0.717) is 18.4 Å². The Morgan fingerprint density at radius 2 is 2.15 bits per heavy atom. The quantitative estimate of drug-likeness (QED) is 0.628. The standard InChI is InChI=1S/C16H14F2O2/c1-2-15(18)10-7-13(11-17)4-3-12-5-8-14(9-6-12)16(19)20/h2,5,7-8,10H,1,6,9,11H2,(H,19,20)/b13-7-,15-10+. The van der Waals surface area contributed by atoms with Gasteiger partial charge in [-0.1, -0.05) is 30.6 Å². The first kappa shape index (κ1) is 15.6. The Morgan fingerprint density at radius 3 is 2.65 bits per heavy atom. The molecule has 0 unspecified atom stereocenters. The molecule has 0 aliphatic heterocycles. The lowest BCUT2D eigenvalue weighted by atomic mass is 9.98. The highest BCUT2D eigenvalue weighted by Gasteiger charge is 2.10. The largest absolute Gasteiger partial charge is 0.478 e. The van der Waals surface area contributed by atoms with Gasteiger partial charge in [0.05, 0.1) is 0 Å². The van der Waals surface area contributed by atoms with Gasteiger partial charge in [-0.15, -0.1) is 0 Å². The Hall–Kier alpha value is -2.41. The first-order valence-electron chi connectivity index (χ1n) is 5.96. The number of alkyl halides is 1. The molecule has 0 atom stereocenters. The third kappa shape index (κ3) is 5.07. The number of hydrogen-bond donors (Lipinski definition) is 1. The van der Waals surface area contributed by atoms with Crippen molar-refractivity contribution >= 4 is 5.97 Å². The van der Waals surface area contributed by atoms with Gasteiger partial charge in [0.2, 0.25) is 0 Å². The minimum atomic E-state index is -0.942. The van der Waals surface area contributed by atoms with Crippen LogP contribution in [0.25, 0.3) is 0 Å². The zero-order valence-electron chi connectivity index (χ0n) is 10.8. The van der Waals surface area contributed by atoms with Gasteiger partial charge in [-0.05, 0) is 31.1 Å². The third-order valence-electron chi connectivity index (χ3n) is 2.59. The molecule has 1 aliphatic carbocycles. The number of hydrogen-bond acceptors (Lipinski definition) is 1. The van der Waals surface area contributed by atoms with Crippen molar-refractivity contribution in [1.82, 2.24) is 0 Å². The second-order valence-electron chi connectivity index (χ2n) is 4.02. The lowest BCUT2D eigenvalue weighted by Gasteiger charge is -2.06. The van der Waals surface area contributed by atoms with Crippen molar-refractivity contribution in [1.29, 1.82) is 0 Å². The van der Waals surface area contributed by atoms with Crippen LogP contribution in [-0.2, 0) is 4.79 Å². The van der Waals surface area contributed by atoms with E-state index in [1.807, 2.05) is 0 Å². The summed E-state index contributed by atoms with van der Waals surface area (Å²) in [6.45, 7) is 2.45. The number of halogens is 2. The second kappa shape index (κ2) is 7.90. The summed E-state index contributed by atoms with van der Waals surface area (Å²) >= 11 is 0. The van der Waals surface area contributed by atoms with Crippen LogP contribution in [0.4, 0.5) is 8.78 Å². The Kier molecular flexibility index (Phi) is 6.18. The average molecular weight is 276 g/mol. The van der Waals surface area contributed by atoms with Gasteiger partial charge in [-0.2, -0.15) is 0 Å². The topological polar surface area (TPSA) is 37.3 Å². The van der Waals surface area contributed by atoms with Gasteiger partial charge in [-0.3, -0.25) is 0 Å². The maximum absolute atomic E-state index is 12.8. The van der Waals surface area contributed by atoms with Crippen LogP contribution in [0.2, 0.25) is 0 Å². The van der Waals surface area contributed by atoms with Gasteiger partial charge in [-0.25, -0.2) is 13.6 Å². The summed E-state index contributed by atoms with van der Waals surface area (Å²) < 4.78 is 25.5. The van der Waals surface area contributed by atoms with Crippen molar-refractivity contribution in [3.05, 3.63) is 59.5 Å². The minimum absolute atomic E-state index is 0.149. The van der Waals surface area contributed by atoms with Crippen molar-refractivity contribution < 1.29 is 18.7 Å². The fourth-order valence-corrected chi connectivity index (χ4v) is 1.45. The summed E-state index contributed by atoms with van der Waals surface area (Å²) in [5, 5.41) is 8.78. The number of carboxylic acids is 1. The van der Waals surface area contributed by atoms with Crippen LogP contribution < -0.4 is 0 Å². The molecule has 0 fully saturated rings. The van der Waals surface area contributed by atoms with Crippen LogP contribution in [0, 0.1) is 11.8 Å². The summed E-state index contributed by atoms with van der Waals surface area (Å²) in [5.74, 6) is 3.86. The molecule has 2 nitrogen and oxygen atoms in total. The summed E-state index contributed by atoms with van der Waals surface area (Å²) in [5.41, 5.74) is 1.20. The van der Waals surface area contributed by atoms with E-state index in [0.717, 1.165) is 17.7 Å². The second-order valence-corrected chi connectivity index (χ2v) is 4.02. The Labute approximate surface area is 116 Å². The van der Waals surface area contributed by atoms with Crippen LogP contribution in [0.1, 0.15) is 12.8 Å². The van der Waals surface area contributed by atoms with Crippen LogP contribution in [0.3, 0.4) is 0 Å². The monoisotopic (exact) mass is 276 g/mol. The molecular weight excluding hydrogens is 262 g/mol. The number of aliphatic carboxylic acids is 1. The zero-order chi connectivity index (χ0) is 15.0. The molecule has 0 heterocycles. The normalized spacial score (nSPS) is 15.7. The third-order valence-corrected chi connectivity index (χ3v) is 2.59. The number of carboxylic acid groups (broad SMARTS) is 1. The molecule has 0 spiro atoms. The molecule has 1 N–H and O–H groups in total. The lowest BCUT2D eigenvalue weighted by molar-refractivity contribution is -0.132. The number of carbonyl (C=O) groups is 1. The molecule has 20 heavy (non-hydrogen) atoms. The number of rotatable bonds is 4. The maximum atomic E-state index is 12.8. The fraction of sp³-hybridized carbons (Fsp3) is 0.188. The van der Waals surface area contributed by atoms with Crippen LogP contribution in [0.5, 0.6) is 0 Å². The highest BCUT2D eigenvalue weighted by Crippen LogP contribution is 2.17. The van der Waals surface area contributed by atoms with Crippen LogP contribution in [0.15, 0.2) is 59.5 Å². The maximum Gasteiger partial charge on any atom is 0.331 e. The van der Waals surface area contributed by atoms with Crippen molar-refractivity contribution in [3.63, 3.8) is 0 Å². The summed E-state index contributed by atoms with van der Waals surface area (Å²) in [6.07, 6.45) is 7.36. The van der Waals surface area contributed by atoms with E-state index >= 15 is 0 Å². The molecule has 0 aromatic carbocycles. The smallest absolute Gasteiger partial charge is 0.331 e. The molecule has 0 amide bonds. The van der Waals surface area contributed by atoms with E-state index < -0.39 is 18.5 Å².